The summed E-state index contributed by atoms with van der Waals surface area (Å²) < 4.78 is 17.2. The van der Waals surface area contributed by atoms with E-state index in [0.29, 0.717) is 16.8 Å². The smallest absolute Gasteiger partial charge is 0.253 e. The zero-order valence-corrected chi connectivity index (χ0v) is 21.0. The minimum Gasteiger partial charge on any atom is -0.350 e. The van der Waals surface area contributed by atoms with Crippen molar-refractivity contribution in [3.05, 3.63) is 83.9 Å². The van der Waals surface area contributed by atoms with E-state index in [1.165, 1.54) is 12.1 Å². The molecule has 8 nitrogen and oxygen atoms in total. The highest BCUT2D eigenvalue weighted by atomic mass is 19.1. The fourth-order valence-electron chi connectivity index (χ4n) is 4.25. The molecule has 0 aliphatic heterocycles. The summed E-state index contributed by atoms with van der Waals surface area (Å²) in [5, 5.41) is 10.9. The van der Waals surface area contributed by atoms with E-state index < -0.39 is 0 Å². The topological polar surface area (TPSA) is 93.3 Å². The van der Waals surface area contributed by atoms with Gasteiger partial charge in [-0.15, -0.1) is 5.10 Å². The van der Waals surface area contributed by atoms with E-state index in [-0.39, 0.29) is 35.5 Å². The Morgan fingerprint density at radius 2 is 1.76 bits per heavy atom. The van der Waals surface area contributed by atoms with Gasteiger partial charge in [0, 0.05) is 41.8 Å². The zero-order chi connectivity index (χ0) is 26.3. The van der Waals surface area contributed by atoms with Crippen LogP contribution in [-0.4, -0.2) is 31.0 Å². The lowest BCUT2D eigenvalue weighted by Crippen LogP contribution is -2.26. The van der Waals surface area contributed by atoms with Crippen LogP contribution in [0.1, 0.15) is 42.7 Å². The molecular formula is C28H27FN6O2. The van der Waals surface area contributed by atoms with Gasteiger partial charge in [-0.1, -0.05) is 32.0 Å². The van der Waals surface area contributed by atoms with Crippen molar-refractivity contribution in [1.29, 1.82) is 0 Å². The number of halogens is 1. The van der Waals surface area contributed by atoms with Gasteiger partial charge in [0.2, 0.25) is 11.9 Å². The first-order valence-corrected chi connectivity index (χ1v) is 12.0. The third-order valence-corrected chi connectivity index (χ3v) is 6.35. The lowest BCUT2D eigenvalue weighted by molar-refractivity contribution is -0.118. The molecule has 0 aliphatic rings. The molecule has 3 aromatic heterocycles. The van der Waals surface area contributed by atoms with Gasteiger partial charge in [-0.05, 0) is 54.4 Å². The van der Waals surface area contributed by atoms with Gasteiger partial charge >= 0.3 is 0 Å². The van der Waals surface area contributed by atoms with Crippen molar-refractivity contribution >= 4 is 34.3 Å². The van der Waals surface area contributed by atoms with Gasteiger partial charge in [-0.3, -0.25) is 14.9 Å². The van der Waals surface area contributed by atoms with Crippen LogP contribution in [0.25, 0.3) is 27.7 Å². The Labute approximate surface area is 213 Å². The zero-order valence-electron chi connectivity index (χ0n) is 21.0. The Morgan fingerprint density at radius 1 is 0.973 bits per heavy atom. The monoisotopic (exact) mass is 498 g/mol. The maximum absolute atomic E-state index is 13.6. The number of fused-ring (bicyclic) bond motifs is 2. The van der Waals surface area contributed by atoms with Gasteiger partial charge in [0.1, 0.15) is 5.82 Å². The maximum atomic E-state index is 13.6. The van der Waals surface area contributed by atoms with Crippen LogP contribution in [0.15, 0.2) is 67.0 Å². The minimum atomic E-state index is -0.359. The van der Waals surface area contributed by atoms with Crippen molar-refractivity contribution in [2.24, 2.45) is 13.0 Å². The van der Waals surface area contributed by atoms with Gasteiger partial charge < -0.3 is 9.88 Å². The fourth-order valence-corrected chi connectivity index (χ4v) is 4.25. The molecule has 2 aromatic carbocycles. The number of hydrogen-bond acceptors (Lipinski definition) is 4. The van der Waals surface area contributed by atoms with Crippen LogP contribution in [-0.2, 0) is 11.8 Å². The summed E-state index contributed by atoms with van der Waals surface area (Å²) in [6.07, 6.45) is 3.63. The van der Waals surface area contributed by atoms with Crippen LogP contribution in [0.3, 0.4) is 0 Å². The molecule has 5 rings (SSSR count). The number of aryl methyl sites for hydroxylation is 1. The molecule has 2 amide bonds. The van der Waals surface area contributed by atoms with E-state index in [1.807, 2.05) is 55.1 Å². The van der Waals surface area contributed by atoms with Crippen molar-refractivity contribution in [3.63, 3.8) is 0 Å². The number of nitrogens with zero attached hydrogens (tertiary/aromatic N) is 4. The molecular weight excluding hydrogens is 471 g/mol. The lowest BCUT2D eigenvalue weighted by Gasteiger charge is -2.14. The molecule has 188 valence electrons. The average Bonchev–Trinajstić information content (AvgIpc) is 3.43. The van der Waals surface area contributed by atoms with Gasteiger partial charge in [0.15, 0.2) is 5.65 Å². The minimum absolute atomic E-state index is 0.150. The van der Waals surface area contributed by atoms with E-state index in [1.54, 1.807) is 36.7 Å². The van der Waals surface area contributed by atoms with Gasteiger partial charge in [-0.2, -0.15) is 4.98 Å². The predicted molar refractivity (Wildman–Crippen MR) is 141 cm³/mol. The van der Waals surface area contributed by atoms with E-state index in [2.05, 4.69) is 20.7 Å². The lowest BCUT2D eigenvalue weighted by atomic mass is 10.0. The van der Waals surface area contributed by atoms with E-state index in [9.17, 15) is 14.0 Å². The highest BCUT2D eigenvalue weighted by Gasteiger charge is 2.18. The number of aromatic nitrogens is 4. The molecule has 5 aromatic rings. The molecule has 3 heterocycles. The summed E-state index contributed by atoms with van der Waals surface area (Å²) in [7, 11) is 1.89. The molecule has 0 radical (unpaired) electrons. The quantitative estimate of drug-likeness (QED) is 0.340. The fraction of sp³-hybridized carbons (Fsp3) is 0.214. The summed E-state index contributed by atoms with van der Waals surface area (Å²) >= 11 is 0. The third-order valence-electron chi connectivity index (χ3n) is 6.35. The predicted octanol–water partition coefficient (Wildman–Crippen LogP) is 5.11. The first kappa shape index (κ1) is 24.2. The van der Waals surface area contributed by atoms with E-state index >= 15 is 0 Å². The number of rotatable bonds is 6. The van der Waals surface area contributed by atoms with Crippen LogP contribution in [0.2, 0.25) is 0 Å². The molecule has 0 saturated carbocycles. The van der Waals surface area contributed by atoms with Crippen LogP contribution in [0.4, 0.5) is 10.3 Å². The standard InChI is InChI=1S/C28H27FN6O2/c1-16(2)26(36)32-28-31-25-11-9-20(14-35(25)33-28)19-8-10-24-22(13-19)23(15-34(24)4)27(37)30-17(3)18-6-5-7-21(29)12-18/h5-17H,1-4H3,(H,30,37)(H,32,33,36). The molecule has 0 aliphatic carbocycles. The summed E-state index contributed by atoms with van der Waals surface area (Å²) in [6, 6.07) is 15.5. The van der Waals surface area contributed by atoms with Gasteiger partial charge in [0.05, 0.1) is 11.6 Å². The highest BCUT2D eigenvalue weighted by Crippen LogP contribution is 2.28. The average molecular weight is 499 g/mol. The van der Waals surface area contributed by atoms with E-state index in [0.717, 1.165) is 22.0 Å². The highest BCUT2D eigenvalue weighted by molar-refractivity contribution is 6.08. The van der Waals surface area contributed by atoms with Crippen LogP contribution >= 0.6 is 0 Å². The second-order valence-corrected chi connectivity index (χ2v) is 9.44. The normalized spacial score (nSPS) is 12.3. The van der Waals surface area contributed by atoms with Crippen molar-refractivity contribution < 1.29 is 14.0 Å². The first-order chi connectivity index (χ1) is 17.7. The van der Waals surface area contributed by atoms with Gasteiger partial charge in [-0.25, -0.2) is 8.91 Å². The van der Waals surface area contributed by atoms with Crippen molar-refractivity contribution in [2.75, 3.05) is 5.32 Å². The van der Waals surface area contributed by atoms with Crippen LogP contribution in [0.5, 0.6) is 0 Å². The van der Waals surface area contributed by atoms with Gasteiger partial charge in [0.25, 0.3) is 5.91 Å². The van der Waals surface area contributed by atoms with Crippen LogP contribution in [0, 0.1) is 11.7 Å². The molecule has 2 N–H and O–H groups in total. The Morgan fingerprint density at radius 3 is 2.51 bits per heavy atom. The number of carbonyl (C=O) groups excluding carboxylic acids is 2. The summed E-state index contributed by atoms with van der Waals surface area (Å²) in [5.74, 6) is -0.657. The Kier molecular flexibility index (Phi) is 6.20. The maximum Gasteiger partial charge on any atom is 0.253 e. The van der Waals surface area contributed by atoms with Crippen molar-refractivity contribution in [3.8, 4) is 11.1 Å². The first-order valence-electron chi connectivity index (χ1n) is 12.0. The summed E-state index contributed by atoms with van der Waals surface area (Å²) in [4.78, 5) is 29.6. The summed E-state index contributed by atoms with van der Waals surface area (Å²) in [5.41, 5.74) is 4.52. The van der Waals surface area contributed by atoms with Crippen molar-refractivity contribution in [1.82, 2.24) is 24.5 Å². The second kappa shape index (κ2) is 9.50. The summed E-state index contributed by atoms with van der Waals surface area (Å²) in [6.45, 7) is 5.44. The Hall–Kier alpha value is -4.53. The van der Waals surface area contributed by atoms with E-state index in [4.69, 9.17) is 0 Å². The van der Waals surface area contributed by atoms with Crippen LogP contribution < -0.4 is 10.6 Å². The molecule has 37 heavy (non-hydrogen) atoms. The molecule has 0 bridgehead atoms. The second-order valence-electron chi connectivity index (χ2n) is 9.44. The molecule has 1 unspecified atom stereocenters. The number of amides is 2. The Bertz CT molecular complexity index is 1650. The SMILES string of the molecule is CC(C)C(=O)Nc1nc2ccc(-c3ccc4c(c3)c(C(=O)NC(C)c3cccc(F)c3)cn4C)cn2n1. The number of hydrogen-bond donors (Lipinski definition) is 2. The molecule has 9 heteroatoms. The largest absolute Gasteiger partial charge is 0.350 e. The number of nitrogens with one attached hydrogen (secondary N) is 2. The number of anilines is 1. The number of benzene rings is 2. The number of pyridine rings is 1. The molecule has 0 saturated heterocycles. The van der Waals surface area contributed by atoms with Crippen molar-refractivity contribution in [2.45, 2.75) is 26.8 Å². The third kappa shape index (κ3) is 4.80. The number of carbonyl (C=O) groups is 2. The molecule has 1 atom stereocenters. The molecule has 0 fully saturated rings. The molecule has 0 spiro atoms. The Balaban J connectivity index is 1.45.